The molecule has 1 N–H and O–H groups in total. The van der Waals surface area contributed by atoms with E-state index in [-0.39, 0.29) is 0 Å². The van der Waals surface area contributed by atoms with Crippen LogP contribution in [-0.2, 0) is 0 Å². The number of anilines is 1. The van der Waals surface area contributed by atoms with Gasteiger partial charge >= 0.3 is 0 Å². The van der Waals surface area contributed by atoms with Gasteiger partial charge in [0.15, 0.2) is 0 Å². The van der Waals surface area contributed by atoms with Gasteiger partial charge in [-0.1, -0.05) is 0 Å². The molecule has 2 aliphatic heterocycles. The second-order valence-corrected chi connectivity index (χ2v) is 5.48. The van der Waals surface area contributed by atoms with Crippen molar-refractivity contribution < 1.29 is 0 Å². The largest absolute Gasteiger partial charge is 0.339 e. The van der Waals surface area contributed by atoms with Crippen LogP contribution in [0.2, 0.25) is 0 Å². The van der Waals surface area contributed by atoms with Crippen LogP contribution < -0.4 is 10.2 Å². The second-order valence-electron chi connectivity index (χ2n) is 5.48. The Morgan fingerprint density at radius 3 is 2.89 bits per heavy atom. The number of rotatable bonds is 1. The number of aromatic nitrogens is 3. The molecule has 1 aromatic heterocycles. The zero-order chi connectivity index (χ0) is 12.5. The molecule has 2 saturated heterocycles. The van der Waals surface area contributed by atoms with Gasteiger partial charge in [0.05, 0.1) is 11.4 Å². The number of hydrogen-bond donors (Lipinski definition) is 1. The summed E-state index contributed by atoms with van der Waals surface area (Å²) in [6.45, 7) is 7.25. The molecule has 0 spiro atoms. The van der Waals surface area contributed by atoms with E-state index < -0.39 is 0 Å². The maximum atomic E-state index is 4.57. The van der Waals surface area contributed by atoms with Gasteiger partial charge in [-0.05, 0) is 45.6 Å². The molecule has 2 aliphatic rings. The minimum absolute atomic E-state index is 0.703. The first-order chi connectivity index (χ1) is 8.74. The van der Waals surface area contributed by atoms with Crippen LogP contribution >= 0.6 is 0 Å². The average molecular weight is 247 g/mol. The Kier molecular flexibility index (Phi) is 3.16. The molecule has 5 nitrogen and oxygen atoms in total. The number of nitrogens with zero attached hydrogens (tertiary/aromatic N) is 4. The second kappa shape index (κ2) is 4.80. The fourth-order valence-corrected chi connectivity index (χ4v) is 3.01. The minimum atomic E-state index is 0.703. The topological polar surface area (TPSA) is 53.9 Å². The molecule has 0 saturated carbocycles. The van der Waals surface area contributed by atoms with Crippen molar-refractivity contribution in [3.8, 4) is 0 Å². The molecule has 2 fully saturated rings. The maximum absolute atomic E-state index is 4.57. The molecular weight excluding hydrogens is 226 g/mol. The third kappa shape index (κ3) is 2.19. The maximum Gasteiger partial charge on any atom is 0.245 e. The van der Waals surface area contributed by atoms with E-state index in [0.29, 0.717) is 6.04 Å². The predicted molar refractivity (Wildman–Crippen MR) is 70.6 cm³/mol. The molecule has 5 heteroatoms. The fraction of sp³-hybridized carbons (Fsp3) is 0.769. The molecule has 0 amide bonds. The quantitative estimate of drug-likeness (QED) is 0.804. The summed E-state index contributed by atoms with van der Waals surface area (Å²) in [4.78, 5) is 6.87. The Morgan fingerprint density at radius 1 is 1.17 bits per heavy atom. The monoisotopic (exact) mass is 247 g/mol. The molecule has 0 aromatic carbocycles. The average Bonchev–Trinajstić information content (AvgIpc) is 2.41. The highest BCUT2D eigenvalue weighted by atomic mass is 15.3. The van der Waals surface area contributed by atoms with E-state index >= 15 is 0 Å². The number of fused-ring (bicyclic) bond motifs is 1. The van der Waals surface area contributed by atoms with Gasteiger partial charge in [0.2, 0.25) is 5.95 Å². The van der Waals surface area contributed by atoms with Crippen molar-refractivity contribution in [3.05, 3.63) is 11.4 Å². The van der Waals surface area contributed by atoms with Crippen LogP contribution in [0.3, 0.4) is 0 Å². The standard InChI is InChI=1S/C13H21N5/c1-9-10(2)16-17-13(15-9)18-7-5-12-11(8-18)4-3-6-14-12/h11-12,14H,3-8H2,1-2H3. The Morgan fingerprint density at radius 2 is 2.06 bits per heavy atom. The summed E-state index contributed by atoms with van der Waals surface area (Å²) < 4.78 is 0. The molecule has 2 atom stereocenters. The van der Waals surface area contributed by atoms with Crippen LogP contribution in [0, 0.1) is 19.8 Å². The SMILES string of the molecule is Cc1nnc(N2CCC3NCCCC3C2)nc1C. The summed E-state index contributed by atoms with van der Waals surface area (Å²) in [6, 6.07) is 0.703. The summed E-state index contributed by atoms with van der Waals surface area (Å²) in [5.41, 5.74) is 1.91. The van der Waals surface area contributed by atoms with Crippen molar-refractivity contribution in [3.63, 3.8) is 0 Å². The van der Waals surface area contributed by atoms with Gasteiger partial charge in [0, 0.05) is 19.1 Å². The normalized spacial score (nSPS) is 28.0. The van der Waals surface area contributed by atoms with Crippen molar-refractivity contribution >= 4 is 5.95 Å². The molecule has 1 aromatic rings. The molecule has 3 heterocycles. The number of piperidine rings is 2. The molecule has 98 valence electrons. The van der Waals surface area contributed by atoms with Crippen LogP contribution in [0.5, 0.6) is 0 Å². The molecule has 0 radical (unpaired) electrons. The Bertz CT molecular complexity index is 433. The molecule has 3 rings (SSSR count). The Hall–Kier alpha value is -1.23. The number of nitrogens with one attached hydrogen (secondary N) is 1. The van der Waals surface area contributed by atoms with Crippen LogP contribution in [0.4, 0.5) is 5.95 Å². The zero-order valence-corrected chi connectivity index (χ0v) is 11.2. The predicted octanol–water partition coefficient (Wildman–Crippen LogP) is 1.07. The van der Waals surface area contributed by atoms with Crippen LogP contribution in [-0.4, -0.2) is 40.9 Å². The van der Waals surface area contributed by atoms with E-state index in [0.717, 1.165) is 36.3 Å². The van der Waals surface area contributed by atoms with Crippen LogP contribution in [0.25, 0.3) is 0 Å². The first kappa shape index (κ1) is 11.8. The van der Waals surface area contributed by atoms with Gasteiger partial charge in [-0.2, -0.15) is 5.10 Å². The lowest BCUT2D eigenvalue weighted by molar-refractivity contribution is 0.243. The smallest absolute Gasteiger partial charge is 0.245 e. The summed E-state index contributed by atoms with van der Waals surface area (Å²) in [5.74, 6) is 1.56. The van der Waals surface area contributed by atoms with Crippen molar-refractivity contribution in [2.45, 2.75) is 39.2 Å². The van der Waals surface area contributed by atoms with E-state index in [1.165, 1.54) is 25.8 Å². The van der Waals surface area contributed by atoms with Crippen molar-refractivity contribution in [1.29, 1.82) is 0 Å². The van der Waals surface area contributed by atoms with E-state index in [2.05, 4.69) is 25.4 Å². The highest BCUT2D eigenvalue weighted by Gasteiger charge is 2.31. The van der Waals surface area contributed by atoms with Gasteiger partial charge in [-0.25, -0.2) is 4.98 Å². The van der Waals surface area contributed by atoms with Gasteiger partial charge in [-0.3, -0.25) is 0 Å². The lowest BCUT2D eigenvalue weighted by Crippen LogP contribution is -2.52. The van der Waals surface area contributed by atoms with Crippen molar-refractivity contribution in [2.24, 2.45) is 5.92 Å². The van der Waals surface area contributed by atoms with Gasteiger partial charge < -0.3 is 10.2 Å². The van der Waals surface area contributed by atoms with E-state index in [4.69, 9.17) is 0 Å². The third-order valence-electron chi connectivity index (χ3n) is 4.26. The highest BCUT2D eigenvalue weighted by Crippen LogP contribution is 2.26. The Balaban J connectivity index is 1.75. The summed E-state index contributed by atoms with van der Waals surface area (Å²) in [5, 5.41) is 12.1. The zero-order valence-electron chi connectivity index (χ0n) is 11.2. The van der Waals surface area contributed by atoms with Crippen molar-refractivity contribution in [1.82, 2.24) is 20.5 Å². The molecular formula is C13H21N5. The lowest BCUT2D eigenvalue weighted by atomic mass is 9.85. The molecule has 2 unspecified atom stereocenters. The summed E-state index contributed by atoms with van der Waals surface area (Å²) in [7, 11) is 0. The molecule has 0 bridgehead atoms. The van der Waals surface area contributed by atoms with E-state index in [9.17, 15) is 0 Å². The highest BCUT2D eigenvalue weighted by molar-refractivity contribution is 5.31. The van der Waals surface area contributed by atoms with Crippen LogP contribution in [0.15, 0.2) is 0 Å². The van der Waals surface area contributed by atoms with Crippen molar-refractivity contribution in [2.75, 3.05) is 24.5 Å². The lowest BCUT2D eigenvalue weighted by Gasteiger charge is -2.41. The summed E-state index contributed by atoms with van der Waals surface area (Å²) >= 11 is 0. The third-order valence-corrected chi connectivity index (χ3v) is 4.26. The Labute approximate surface area is 108 Å². The first-order valence-corrected chi connectivity index (χ1v) is 6.90. The van der Waals surface area contributed by atoms with Crippen LogP contribution in [0.1, 0.15) is 30.7 Å². The minimum Gasteiger partial charge on any atom is -0.339 e. The number of aryl methyl sites for hydroxylation is 2. The van der Waals surface area contributed by atoms with Gasteiger partial charge in [0.1, 0.15) is 0 Å². The summed E-state index contributed by atoms with van der Waals surface area (Å²) in [6.07, 6.45) is 3.81. The number of hydrogen-bond acceptors (Lipinski definition) is 5. The van der Waals surface area contributed by atoms with E-state index in [1.54, 1.807) is 0 Å². The molecule has 0 aliphatic carbocycles. The molecule has 18 heavy (non-hydrogen) atoms. The van der Waals surface area contributed by atoms with Gasteiger partial charge in [0.25, 0.3) is 0 Å². The first-order valence-electron chi connectivity index (χ1n) is 6.90. The fourth-order valence-electron chi connectivity index (χ4n) is 3.01. The van der Waals surface area contributed by atoms with Gasteiger partial charge in [-0.15, -0.1) is 5.10 Å². The van der Waals surface area contributed by atoms with E-state index in [1.807, 2.05) is 13.8 Å².